The fraction of sp³-hybridized carbons (Fsp3) is 0.158. The molecular weight excluding hydrogens is 359 g/mol. The summed E-state index contributed by atoms with van der Waals surface area (Å²) >= 11 is 5.64. The van der Waals surface area contributed by atoms with Gasteiger partial charge in [0.05, 0.1) is 11.4 Å². The van der Waals surface area contributed by atoms with Gasteiger partial charge in [-0.3, -0.25) is 9.59 Å². The molecule has 5 nitrogen and oxygen atoms in total. The lowest BCUT2D eigenvalue weighted by Crippen LogP contribution is -2.21. The zero-order chi connectivity index (χ0) is 18.5. The smallest absolute Gasteiger partial charge is 0.308 e. The van der Waals surface area contributed by atoms with Gasteiger partial charge in [-0.1, -0.05) is 29.8 Å². The lowest BCUT2D eigenvalue weighted by Gasteiger charge is -2.08. The van der Waals surface area contributed by atoms with Gasteiger partial charge in [0.25, 0.3) is 5.91 Å². The minimum atomic E-state index is -0.575. The van der Waals surface area contributed by atoms with Gasteiger partial charge >= 0.3 is 5.97 Å². The van der Waals surface area contributed by atoms with Crippen molar-refractivity contribution in [1.82, 2.24) is 4.57 Å². The van der Waals surface area contributed by atoms with Gasteiger partial charge < -0.3 is 14.6 Å². The first-order valence-electron chi connectivity index (χ1n) is 7.97. The minimum Gasteiger partial charge on any atom is -0.456 e. The highest BCUT2D eigenvalue weighted by atomic mass is 35.5. The van der Waals surface area contributed by atoms with E-state index in [9.17, 15) is 14.0 Å². The summed E-state index contributed by atoms with van der Waals surface area (Å²) in [6.07, 6.45) is 2.05. The highest BCUT2D eigenvalue weighted by molar-refractivity contribution is 6.31. The van der Waals surface area contributed by atoms with Gasteiger partial charge in [0.15, 0.2) is 6.61 Å². The SMILES string of the molecule is O=C(COC(=O)CCn1ccc2ccccc21)Nc1ccc(F)c(Cl)c1. The Bertz CT molecular complexity index is 955. The number of hydrogen-bond acceptors (Lipinski definition) is 3. The van der Waals surface area contributed by atoms with Crippen LogP contribution >= 0.6 is 11.6 Å². The van der Waals surface area contributed by atoms with Gasteiger partial charge in [0.1, 0.15) is 5.82 Å². The van der Waals surface area contributed by atoms with Crippen molar-refractivity contribution in [3.63, 3.8) is 0 Å². The molecule has 26 heavy (non-hydrogen) atoms. The van der Waals surface area contributed by atoms with Gasteiger partial charge in [-0.25, -0.2) is 4.39 Å². The van der Waals surface area contributed by atoms with Gasteiger partial charge in [0.2, 0.25) is 0 Å². The molecule has 0 saturated carbocycles. The second-order valence-electron chi connectivity index (χ2n) is 5.66. The van der Waals surface area contributed by atoms with Crippen molar-refractivity contribution in [2.24, 2.45) is 0 Å². The van der Waals surface area contributed by atoms with Crippen LogP contribution in [0.25, 0.3) is 10.9 Å². The standard InChI is InChI=1S/C19H16ClFN2O3/c20-15-11-14(5-6-16(15)21)22-18(24)12-26-19(25)8-10-23-9-7-13-3-1-2-4-17(13)23/h1-7,9,11H,8,10,12H2,(H,22,24). The average molecular weight is 375 g/mol. The lowest BCUT2D eigenvalue weighted by molar-refractivity contribution is -0.147. The van der Waals surface area contributed by atoms with E-state index in [-0.39, 0.29) is 11.4 Å². The molecule has 3 rings (SSSR count). The molecule has 0 radical (unpaired) electrons. The number of nitrogens with one attached hydrogen (secondary N) is 1. The third-order valence-corrected chi connectivity index (χ3v) is 4.09. The average Bonchev–Trinajstić information content (AvgIpc) is 3.04. The van der Waals surface area contributed by atoms with Crippen molar-refractivity contribution >= 4 is 40.1 Å². The Hall–Kier alpha value is -2.86. The molecule has 1 amide bonds. The zero-order valence-electron chi connectivity index (χ0n) is 13.7. The van der Waals surface area contributed by atoms with E-state index in [1.54, 1.807) is 0 Å². The molecule has 134 valence electrons. The summed E-state index contributed by atoms with van der Waals surface area (Å²) in [4.78, 5) is 23.6. The Morgan fingerprint density at radius 2 is 1.96 bits per heavy atom. The molecule has 0 saturated heterocycles. The normalized spacial score (nSPS) is 10.7. The summed E-state index contributed by atoms with van der Waals surface area (Å²) in [7, 11) is 0. The first-order chi connectivity index (χ1) is 12.5. The number of carbonyl (C=O) groups excluding carboxylic acids is 2. The van der Waals surface area contributed by atoms with Crippen molar-refractivity contribution in [1.29, 1.82) is 0 Å². The molecule has 3 aromatic rings. The highest BCUT2D eigenvalue weighted by Gasteiger charge is 2.10. The molecule has 0 atom stereocenters. The summed E-state index contributed by atoms with van der Waals surface area (Å²) in [5, 5.41) is 3.48. The van der Waals surface area contributed by atoms with Gasteiger partial charge in [0, 0.05) is 23.9 Å². The van der Waals surface area contributed by atoms with Crippen LogP contribution < -0.4 is 5.32 Å². The van der Waals surface area contributed by atoms with E-state index >= 15 is 0 Å². The molecule has 0 spiro atoms. The summed E-state index contributed by atoms with van der Waals surface area (Å²) in [5.74, 6) is -1.57. The first-order valence-corrected chi connectivity index (χ1v) is 8.35. The van der Waals surface area contributed by atoms with E-state index in [1.165, 1.54) is 12.1 Å². The van der Waals surface area contributed by atoms with Gasteiger partial charge in [-0.05, 0) is 35.7 Å². The molecule has 7 heteroatoms. The topological polar surface area (TPSA) is 60.3 Å². The number of ether oxygens (including phenoxy) is 1. The van der Waals surface area contributed by atoms with Crippen molar-refractivity contribution in [2.75, 3.05) is 11.9 Å². The van der Waals surface area contributed by atoms with Crippen LogP contribution in [0.2, 0.25) is 5.02 Å². The Labute approximate surface area is 154 Å². The molecule has 2 aromatic carbocycles. The van der Waals surface area contributed by atoms with Crippen LogP contribution in [0.3, 0.4) is 0 Å². The number of aromatic nitrogens is 1. The maximum Gasteiger partial charge on any atom is 0.308 e. The van der Waals surface area contributed by atoms with Crippen LogP contribution in [0.5, 0.6) is 0 Å². The molecular formula is C19H16ClFN2O3. The molecule has 1 heterocycles. The van der Waals surface area contributed by atoms with Crippen molar-refractivity contribution in [3.8, 4) is 0 Å². The number of halogens is 2. The molecule has 0 aliphatic carbocycles. The van der Waals surface area contributed by atoms with Crippen LogP contribution in [0.15, 0.2) is 54.7 Å². The molecule has 1 aromatic heterocycles. The number of hydrogen-bond donors (Lipinski definition) is 1. The number of benzene rings is 2. The number of fused-ring (bicyclic) bond motifs is 1. The fourth-order valence-electron chi connectivity index (χ4n) is 2.54. The number of nitrogens with zero attached hydrogens (tertiary/aromatic N) is 1. The van der Waals surface area contributed by atoms with Gasteiger partial charge in [-0.2, -0.15) is 0 Å². The van der Waals surface area contributed by atoms with Crippen LogP contribution in [0.4, 0.5) is 10.1 Å². The van der Waals surface area contributed by atoms with Crippen molar-refractivity contribution in [3.05, 3.63) is 65.6 Å². The number of para-hydroxylation sites is 1. The Balaban J connectivity index is 1.46. The molecule has 0 bridgehead atoms. The summed E-state index contributed by atoms with van der Waals surface area (Å²) in [6, 6.07) is 13.6. The van der Waals surface area contributed by atoms with Gasteiger partial charge in [-0.15, -0.1) is 0 Å². The number of aryl methyl sites for hydroxylation is 1. The fourth-order valence-corrected chi connectivity index (χ4v) is 2.72. The van der Waals surface area contributed by atoms with Crippen LogP contribution in [0, 0.1) is 5.82 Å². The Kier molecular flexibility index (Phi) is 5.53. The second-order valence-corrected chi connectivity index (χ2v) is 6.06. The molecule has 0 aliphatic rings. The number of esters is 1. The second kappa shape index (κ2) is 8.01. The molecule has 0 fully saturated rings. The van der Waals surface area contributed by atoms with E-state index in [4.69, 9.17) is 16.3 Å². The van der Waals surface area contributed by atoms with E-state index in [2.05, 4.69) is 5.32 Å². The highest BCUT2D eigenvalue weighted by Crippen LogP contribution is 2.19. The molecule has 0 aliphatic heterocycles. The summed E-state index contributed by atoms with van der Waals surface area (Å²) in [5.41, 5.74) is 1.36. The van der Waals surface area contributed by atoms with Crippen molar-refractivity contribution in [2.45, 2.75) is 13.0 Å². The number of anilines is 1. The van der Waals surface area contributed by atoms with E-state index in [1.807, 2.05) is 41.1 Å². The minimum absolute atomic E-state index is 0.0984. The van der Waals surface area contributed by atoms with E-state index in [0.717, 1.165) is 17.0 Å². The van der Waals surface area contributed by atoms with E-state index < -0.39 is 24.3 Å². The number of carbonyl (C=O) groups is 2. The molecule has 0 unspecified atom stereocenters. The maximum absolute atomic E-state index is 13.1. The maximum atomic E-state index is 13.1. The Morgan fingerprint density at radius 3 is 2.77 bits per heavy atom. The van der Waals surface area contributed by atoms with Crippen LogP contribution in [0.1, 0.15) is 6.42 Å². The Morgan fingerprint density at radius 1 is 1.15 bits per heavy atom. The van der Waals surface area contributed by atoms with Crippen molar-refractivity contribution < 1.29 is 18.7 Å². The predicted molar refractivity (Wildman–Crippen MR) is 97.6 cm³/mol. The monoisotopic (exact) mass is 374 g/mol. The lowest BCUT2D eigenvalue weighted by atomic mass is 10.2. The zero-order valence-corrected chi connectivity index (χ0v) is 14.5. The van der Waals surface area contributed by atoms with Crippen LogP contribution in [-0.4, -0.2) is 23.1 Å². The third kappa shape index (κ3) is 4.40. The van der Waals surface area contributed by atoms with E-state index in [0.29, 0.717) is 12.2 Å². The number of amides is 1. The number of rotatable bonds is 6. The molecule has 1 N–H and O–H groups in total. The first kappa shape index (κ1) is 17.9. The summed E-state index contributed by atoms with van der Waals surface area (Å²) in [6.45, 7) is 0.0434. The third-order valence-electron chi connectivity index (χ3n) is 3.80. The quantitative estimate of drug-likeness (QED) is 0.663. The van der Waals surface area contributed by atoms with Crippen LogP contribution in [-0.2, 0) is 20.9 Å². The predicted octanol–water partition coefficient (Wildman–Crippen LogP) is 4.01. The largest absolute Gasteiger partial charge is 0.456 e. The summed E-state index contributed by atoms with van der Waals surface area (Å²) < 4.78 is 20.0.